The van der Waals surface area contributed by atoms with Gasteiger partial charge in [-0.2, -0.15) is 0 Å². The van der Waals surface area contributed by atoms with E-state index in [9.17, 15) is 0 Å². The van der Waals surface area contributed by atoms with Gasteiger partial charge in [-0.25, -0.2) is 0 Å². The van der Waals surface area contributed by atoms with Gasteiger partial charge < -0.3 is 0 Å². The molecule has 0 aliphatic heterocycles. The Morgan fingerprint density at radius 2 is 0.364 bits per heavy atom. The summed E-state index contributed by atoms with van der Waals surface area (Å²) in [4.78, 5) is 0. The molecule has 0 aromatic heterocycles. The van der Waals surface area contributed by atoms with E-state index in [1.807, 2.05) is 0 Å². The van der Waals surface area contributed by atoms with Crippen LogP contribution in [-0.2, 0) is 0 Å². The molecule has 0 heterocycles. The van der Waals surface area contributed by atoms with Crippen LogP contribution >= 0.6 is 0 Å². The second-order valence-electron chi connectivity index (χ2n) is 17.7. The van der Waals surface area contributed by atoms with Crippen LogP contribution in [0.2, 0.25) is 0 Å². The minimum absolute atomic E-state index is 1.20. The highest BCUT2D eigenvalue weighted by molar-refractivity contribution is 6.30. The standard InChI is InChI=1S/C66H46/c1-43-27-31-45(32-28-43)47-35-39-49(40-36-47)51-15-3-5-17-53(51)63-55-19-7-11-23-59(55)65(60-24-12-8-20-56(60)63)66-61-25-13-9-21-57(61)64(58-22-10-14-26-62(58)66)54-18-6-4-16-52(54)50-41-37-48(38-42-50)46-33-29-44(2)30-34-46/h3-42H,1-2H3. The first-order chi connectivity index (χ1) is 32.6. The van der Waals surface area contributed by atoms with Gasteiger partial charge in [0.2, 0.25) is 0 Å². The highest BCUT2D eigenvalue weighted by Crippen LogP contribution is 2.52. The van der Waals surface area contributed by atoms with Gasteiger partial charge in [-0.05, 0) is 135 Å². The Bertz CT molecular complexity index is 3410. The molecule has 0 spiro atoms. The lowest BCUT2D eigenvalue weighted by atomic mass is 9.79. The second kappa shape index (κ2) is 16.3. The van der Waals surface area contributed by atoms with Gasteiger partial charge in [0.1, 0.15) is 0 Å². The molecular formula is C66H46. The third kappa shape index (κ3) is 6.70. The molecule has 0 N–H and O–H groups in total. The van der Waals surface area contributed by atoms with Crippen LogP contribution in [0, 0.1) is 13.8 Å². The van der Waals surface area contributed by atoms with E-state index in [1.54, 1.807) is 0 Å². The first kappa shape index (κ1) is 39.3. The summed E-state index contributed by atoms with van der Waals surface area (Å²) in [6.45, 7) is 4.28. The lowest BCUT2D eigenvalue weighted by Gasteiger charge is -2.23. The molecule has 0 aliphatic carbocycles. The average Bonchev–Trinajstić information content (AvgIpc) is 3.38. The Morgan fingerprint density at radius 1 is 0.167 bits per heavy atom. The Balaban J connectivity index is 1.07. The summed E-state index contributed by atoms with van der Waals surface area (Å²) in [5, 5.41) is 9.94. The van der Waals surface area contributed by atoms with Crippen molar-refractivity contribution in [3.8, 4) is 77.9 Å². The van der Waals surface area contributed by atoms with Crippen molar-refractivity contribution in [2.75, 3.05) is 0 Å². The number of rotatable bonds is 7. The molecule has 0 amide bonds. The third-order valence-electron chi connectivity index (χ3n) is 13.7. The van der Waals surface area contributed by atoms with Gasteiger partial charge in [-0.15, -0.1) is 0 Å². The summed E-state index contributed by atoms with van der Waals surface area (Å²) in [6, 6.07) is 90.0. The van der Waals surface area contributed by atoms with E-state index >= 15 is 0 Å². The number of aryl methyl sites for hydroxylation is 2. The van der Waals surface area contributed by atoms with Gasteiger partial charge in [0.25, 0.3) is 0 Å². The van der Waals surface area contributed by atoms with E-state index in [0.717, 1.165) is 0 Å². The predicted molar refractivity (Wildman–Crippen MR) is 284 cm³/mol. The fourth-order valence-electron chi connectivity index (χ4n) is 10.5. The van der Waals surface area contributed by atoms with Crippen LogP contribution in [0.5, 0.6) is 0 Å². The van der Waals surface area contributed by atoms with Gasteiger partial charge >= 0.3 is 0 Å². The zero-order valence-corrected chi connectivity index (χ0v) is 37.1. The highest BCUT2D eigenvalue weighted by atomic mass is 14.3. The number of hydrogen-bond donors (Lipinski definition) is 0. The Labute approximate surface area is 386 Å². The third-order valence-corrected chi connectivity index (χ3v) is 13.7. The second-order valence-corrected chi connectivity index (χ2v) is 17.7. The van der Waals surface area contributed by atoms with Crippen LogP contribution in [0.15, 0.2) is 243 Å². The van der Waals surface area contributed by atoms with Crippen molar-refractivity contribution in [1.29, 1.82) is 0 Å². The molecule has 0 fully saturated rings. The molecule has 66 heavy (non-hydrogen) atoms. The van der Waals surface area contributed by atoms with Crippen LogP contribution in [0.1, 0.15) is 11.1 Å². The lowest BCUT2D eigenvalue weighted by molar-refractivity contribution is 1.47. The summed E-state index contributed by atoms with van der Waals surface area (Å²) < 4.78 is 0. The zero-order chi connectivity index (χ0) is 44.1. The minimum Gasteiger partial charge on any atom is -0.0616 e. The maximum atomic E-state index is 2.34. The van der Waals surface area contributed by atoms with E-state index in [-0.39, 0.29) is 0 Å². The Morgan fingerprint density at radius 3 is 0.636 bits per heavy atom. The first-order valence-electron chi connectivity index (χ1n) is 23.0. The maximum absolute atomic E-state index is 2.34. The first-order valence-corrected chi connectivity index (χ1v) is 23.0. The highest BCUT2D eigenvalue weighted by Gasteiger charge is 2.24. The van der Waals surface area contributed by atoms with Crippen molar-refractivity contribution in [2.24, 2.45) is 0 Å². The van der Waals surface area contributed by atoms with Crippen LogP contribution in [0.25, 0.3) is 121 Å². The molecule has 0 saturated carbocycles. The quantitative estimate of drug-likeness (QED) is 0.140. The topological polar surface area (TPSA) is 0 Å². The molecule has 12 rings (SSSR count). The lowest BCUT2D eigenvalue weighted by Crippen LogP contribution is -1.96. The molecule has 0 saturated heterocycles. The Hall–Kier alpha value is -8.32. The molecule has 12 aromatic rings. The summed E-state index contributed by atoms with van der Waals surface area (Å²) in [5.41, 5.74) is 19.8. The number of fused-ring (bicyclic) bond motifs is 4. The number of benzene rings is 12. The summed E-state index contributed by atoms with van der Waals surface area (Å²) >= 11 is 0. The summed E-state index contributed by atoms with van der Waals surface area (Å²) in [6.07, 6.45) is 0. The molecule has 0 heteroatoms. The zero-order valence-electron chi connectivity index (χ0n) is 37.1. The fourth-order valence-corrected chi connectivity index (χ4v) is 10.5. The molecule has 0 nitrogen and oxygen atoms in total. The van der Waals surface area contributed by atoms with Gasteiger partial charge in [0.15, 0.2) is 0 Å². The molecule has 12 aromatic carbocycles. The SMILES string of the molecule is Cc1ccc(-c2ccc(-c3ccccc3-c3c4ccccc4c(-c4c5ccccc5c(-c5ccccc5-c5ccc(-c6ccc(C)cc6)cc5)c5ccccc45)c4ccccc34)cc2)cc1. The van der Waals surface area contributed by atoms with Crippen molar-refractivity contribution in [3.05, 3.63) is 254 Å². The number of hydrogen-bond acceptors (Lipinski definition) is 0. The molecule has 0 unspecified atom stereocenters. The van der Waals surface area contributed by atoms with Crippen LogP contribution in [0.4, 0.5) is 0 Å². The predicted octanol–water partition coefficient (Wildman–Crippen LogP) is 18.6. The largest absolute Gasteiger partial charge is 0.0616 e. The van der Waals surface area contributed by atoms with Crippen LogP contribution < -0.4 is 0 Å². The van der Waals surface area contributed by atoms with E-state index < -0.39 is 0 Å². The minimum atomic E-state index is 1.20. The van der Waals surface area contributed by atoms with Crippen molar-refractivity contribution in [1.82, 2.24) is 0 Å². The fraction of sp³-hybridized carbons (Fsp3) is 0.0303. The maximum Gasteiger partial charge on any atom is -0.00139 e. The normalized spacial score (nSPS) is 11.5. The Kier molecular flexibility index (Phi) is 9.73. The van der Waals surface area contributed by atoms with Crippen LogP contribution in [-0.4, -0.2) is 0 Å². The van der Waals surface area contributed by atoms with E-state index in [2.05, 4.69) is 257 Å². The van der Waals surface area contributed by atoms with Gasteiger partial charge in [-0.1, -0.05) is 254 Å². The molecule has 0 aliphatic rings. The van der Waals surface area contributed by atoms with Crippen molar-refractivity contribution in [2.45, 2.75) is 13.8 Å². The average molecular weight is 839 g/mol. The van der Waals surface area contributed by atoms with Gasteiger partial charge in [0.05, 0.1) is 0 Å². The monoisotopic (exact) mass is 838 g/mol. The smallest absolute Gasteiger partial charge is 0.00139 e. The van der Waals surface area contributed by atoms with E-state index in [1.165, 1.54) is 132 Å². The summed E-state index contributed by atoms with van der Waals surface area (Å²) in [5.74, 6) is 0. The molecule has 310 valence electrons. The van der Waals surface area contributed by atoms with Gasteiger partial charge in [0, 0.05) is 0 Å². The molecule has 0 bridgehead atoms. The molecular weight excluding hydrogens is 793 g/mol. The van der Waals surface area contributed by atoms with Crippen molar-refractivity contribution >= 4 is 43.1 Å². The van der Waals surface area contributed by atoms with E-state index in [0.29, 0.717) is 0 Å². The van der Waals surface area contributed by atoms with Crippen molar-refractivity contribution < 1.29 is 0 Å². The molecule has 0 radical (unpaired) electrons. The van der Waals surface area contributed by atoms with Crippen molar-refractivity contribution in [3.63, 3.8) is 0 Å². The summed E-state index contributed by atoms with van der Waals surface area (Å²) in [7, 11) is 0. The van der Waals surface area contributed by atoms with Crippen LogP contribution in [0.3, 0.4) is 0 Å². The molecule has 0 atom stereocenters. The van der Waals surface area contributed by atoms with Gasteiger partial charge in [-0.3, -0.25) is 0 Å². The van der Waals surface area contributed by atoms with E-state index in [4.69, 9.17) is 0 Å².